The van der Waals surface area contributed by atoms with Gasteiger partial charge in [-0.05, 0) is 51.5 Å². The number of aryl methyl sites for hydroxylation is 1. The maximum absolute atomic E-state index is 11.9. The van der Waals surface area contributed by atoms with Gasteiger partial charge in [-0.1, -0.05) is 0 Å². The number of Topliss-reactive ketones (excluding diaryl/α,β-unsaturated/α-hetero) is 1. The van der Waals surface area contributed by atoms with E-state index in [0.29, 0.717) is 6.54 Å². The second kappa shape index (κ2) is 5.32. The third kappa shape index (κ3) is 4.19. The molecule has 0 bridgehead atoms. The van der Waals surface area contributed by atoms with Gasteiger partial charge in [-0.2, -0.15) is 0 Å². The number of carbonyl (C=O) groups is 1. The molecule has 1 aromatic rings. The number of benzene rings is 1. The van der Waals surface area contributed by atoms with Crippen LogP contribution in [0.4, 0.5) is 0 Å². The van der Waals surface area contributed by atoms with E-state index in [9.17, 15) is 4.79 Å². The van der Waals surface area contributed by atoms with Crippen LogP contribution in [0.5, 0.6) is 5.75 Å². The molecule has 0 aliphatic rings. The fraction of sp³-hybridized carbons (Fsp3) is 0.500. The van der Waals surface area contributed by atoms with Crippen molar-refractivity contribution in [1.82, 2.24) is 5.32 Å². The Bertz CT molecular complexity index is 405. The second-order valence-corrected chi connectivity index (χ2v) is 5.21. The Labute approximate surface area is 103 Å². The van der Waals surface area contributed by atoms with Crippen LogP contribution in [0, 0.1) is 6.92 Å². The van der Waals surface area contributed by atoms with Crippen LogP contribution in [0.1, 0.15) is 36.7 Å². The van der Waals surface area contributed by atoms with Gasteiger partial charge in [0.25, 0.3) is 0 Å². The summed E-state index contributed by atoms with van der Waals surface area (Å²) in [6.45, 7) is 8.42. The van der Waals surface area contributed by atoms with Crippen molar-refractivity contribution in [2.45, 2.75) is 33.2 Å². The number of carbonyl (C=O) groups excluding carboxylic acids is 1. The van der Waals surface area contributed by atoms with Crippen molar-refractivity contribution in [3.8, 4) is 5.75 Å². The molecule has 0 saturated carbocycles. The van der Waals surface area contributed by atoms with Crippen LogP contribution in [-0.4, -0.2) is 25.0 Å². The number of ether oxygens (including phenoxy) is 1. The zero-order valence-electron chi connectivity index (χ0n) is 11.3. The quantitative estimate of drug-likeness (QED) is 0.815. The highest BCUT2D eigenvalue weighted by molar-refractivity contribution is 5.98. The minimum atomic E-state index is -0.0445. The lowest BCUT2D eigenvalue weighted by atomic mass is 10.1. The van der Waals surface area contributed by atoms with Crippen LogP contribution in [0.25, 0.3) is 0 Å². The van der Waals surface area contributed by atoms with Crippen LogP contribution in [0.15, 0.2) is 18.2 Å². The average Bonchev–Trinajstić information content (AvgIpc) is 2.24. The maximum atomic E-state index is 11.9. The molecule has 1 rings (SSSR count). The summed E-state index contributed by atoms with van der Waals surface area (Å²) in [7, 11) is 1.63. The molecule has 0 amide bonds. The van der Waals surface area contributed by atoms with Crippen molar-refractivity contribution in [2.24, 2.45) is 0 Å². The van der Waals surface area contributed by atoms with Crippen molar-refractivity contribution in [2.75, 3.05) is 13.7 Å². The molecule has 0 aliphatic carbocycles. The zero-order chi connectivity index (χ0) is 13.1. The van der Waals surface area contributed by atoms with Crippen molar-refractivity contribution in [3.63, 3.8) is 0 Å². The molecule has 0 radical (unpaired) electrons. The van der Waals surface area contributed by atoms with Crippen LogP contribution in [0.2, 0.25) is 0 Å². The molecule has 94 valence electrons. The Morgan fingerprint density at radius 1 is 1.35 bits per heavy atom. The highest BCUT2D eigenvalue weighted by Gasteiger charge is 2.13. The van der Waals surface area contributed by atoms with E-state index in [2.05, 4.69) is 5.32 Å². The molecular formula is C14H21NO2. The fourth-order valence-corrected chi connectivity index (χ4v) is 1.50. The Balaban J connectivity index is 2.73. The standard InChI is InChI=1S/C14H21NO2/c1-10-8-11(6-7-13(10)17-5)12(16)9-15-14(2,3)4/h6-8,15H,9H2,1-5H3. The first-order chi connectivity index (χ1) is 7.83. The van der Waals surface area contributed by atoms with Crippen molar-refractivity contribution < 1.29 is 9.53 Å². The highest BCUT2D eigenvalue weighted by atomic mass is 16.5. The van der Waals surface area contributed by atoms with Gasteiger partial charge in [0, 0.05) is 11.1 Å². The van der Waals surface area contributed by atoms with Crippen LogP contribution < -0.4 is 10.1 Å². The van der Waals surface area contributed by atoms with Gasteiger partial charge < -0.3 is 10.1 Å². The molecule has 0 heterocycles. The average molecular weight is 235 g/mol. The molecule has 1 aromatic carbocycles. The van der Waals surface area contributed by atoms with Gasteiger partial charge in [-0.3, -0.25) is 4.79 Å². The molecule has 0 saturated heterocycles. The summed E-state index contributed by atoms with van der Waals surface area (Å²) in [5, 5.41) is 3.19. The lowest BCUT2D eigenvalue weighted by Crippen LogP contribution is -2.39. The molecule has 1 N–H and O–H groups in total. The van der Waals surface area contributed by atoms with Crippen molar-refractivity contribution in [3.05, 3.63) is 29.3 Å². The summed E-state index contributed by atoms with van der Waals surface area (Å²) >= 11 is 0. The molecule has 0 atom stereocenters. The number of methoxy groups -OCH3 is 1. The van der Waals surface area contributed by atoms with Gasteiger partial charge in [0.15, 0.2) is 5.78 Å². The summed E-state index contributed by atoms with van der Waals surface area (Å²) < 4.78 is 5.17. The van der Waals surface area contributed by atoms with E-state index >= 15 is 0 Å². The van der Waals surface area contributed by atoms with Gasteiger partial charge in [-0.15, -0.1) is 0 Å². The lowest BCUT2D eigenvalue weighted by molar-refractivity contribution is 0.0982. The first kappa shape index (κ1) is 13.7. The normalized spacial score (nSPS) is 11.4. The van der Waals surface area contributed by atoms with Gasteiger partial charge in [0.1, 0.15) is 5.75 Å². The summed E-state index contributed by atoms with van der Waals surface area (Å²) in [5.41, 5.74) is 1.66. The minimum absolute atomic E-state index is 0.0445. The predicted molar refractivity (Wildman–Crippen MR) is 69.8 cm³/mol. The van der Waals surface area contributed by atoms with E-state index in [1.54, 1.807) is 13.2 Å². The molecule has 3 nitrogen and oxygen atoms in total. The molecule has 17 heavy (non-hydrogen) atoms. The molecule has 0 aromatic heterocycles. The molecule has 0 unspecified atom stereocenters. The highest BCUT2D eigenvalue weighted by Crippen LogP contribution is 2.18. The largest absolute Gasteiger partial charge is 0.496 e. The van der Waals surface area contributed by atoms with Crippen LogP contribution >= 0.6 is 0 Å². The predicted octanol–water partition coefficient (Wildman–Crippen LogP) is 2.57. The van der Waals surface area contributed by atoms with E-state index in [4.69, 9.17) is 4.74 Å². The van der Waals surface area contributed by atoms with Crippen LogP contribution in [0.3, 0.4) is 0 Å². The number of rotatable bonds is 4. The third-order valence-electron chi connectivity index (χ3n) is 2.50. The SMILES string of the molecule is COc1ccc(C(=O)CNC(C)(C)C)cc1C. The summed E-state index contributed by atoms with van der Waals surface area (Å²) in [6.07, 6.45) is 0. The van der Waals surface area contributed by atoms with E-state index in [0.717, 1.165) is 16.9 Å². The Kier molecular flexibility index (Phi) is 4.29. The first-order valence-corrected chi connectivity index (χ1v) is 5.76. The summed E-state index contributed by atoms with van der Waals surface area (Å²) in [4.78, 5) is 11.9. The van der Waals surface area contributed by atoms with E-state index in [-0.39, 0.29) is 11.3 Å². The number of ketones is 1. The zero-order valence-corrected chi connectivity index (χ0v) is 11.3. The van der Waals surface area contributed by atoms with Gasteiger partial charge in [0.05, 0.1) is 13.7 Å². The molecule has 3 heteroatoms. The Hall–Kier alpha value is -1.35. The van der Waals surface area contributed by atoms with Gasteiger partial charge in [0.2, 0.25) is 0 Å². The van der Waals surface area contributed by atoms with Crippen LogP contribution in [-0.2, 0) is 0 Å². The van der Waals surface area contributed by atoms with E-state index in [1.165, 1.54) is 0 Å². The topological polar surface area (TPSA) is 38.3 Å². The smallest absolute Gasteiger partial charge is 0.176 e. The summed E-state index contributed by atoms with van der Waals surface area (Å²) in [5.74, 6) is 0.913. The fourth-order valence-electron chi connectivity index (χ4n) is 1.50. The van der Waals surface area contributed by atoms with Gasteiger partial charge in [-0.25, -0.2) is 0 Å². The first-order valence-electron chi connectivity index (χ1n) is 5.76. The Morgan fingerprint density at radius 3 is 2.47 bits per heavy atom. The number of hydrogen-bond donors (Lipinski definition) is 1. The van der Waals surface area contributed by atoms with Crippen molar-refractivity contribution >= 4 is 5.78 Å². The lowest BCUT2D eigenvalue weighted by Gasteiger charge is -2.19. The number of nitrogens with one attached hydrogen (secondary N) is 1. The van der Waals surface area contributed by atoms with E-state index < -0.39 is 0 Å². The molecular weight excluding hydrogens is 214 g/mol. The van der Waals surface area contributed by atoms with Gasteiger partial charge >= 0.3 is 0 Å². The maximum Gasteiger partial charge on any atom is 0.176 e. The summed E-state index contributed by atoms with van der Waals surface area (Å²) in [6, 6.07) is 5.50. The third-order valence-corrected chi connectivity index (χ3v) is 2.50. The minimum Gasteiger partial charge on any atom is -0.496 e. The molecule has 0 aliphatic heterocycles. The molecule has 0 spiro atoms. The number of hydrogen-bond acceptors (Lipinski definition) is 3. The monoisotopic (exact) mass is 235 g/mol. The van der Waals surface area contributed by atoms with Crippen molar-refractivity contribution in [1.29, 1.82) is 0 Å². The second-order valence-electron chi connectivity index (χ2n) is 5.21. The Morgan fingerprint density at radius 2 is 2.00 bits per heavy atom. The molecule has 0 fully saturated rings. The van der Waals surface area contributed by atoms with E-state index in [1.807, 2.05) is 39.8 Å².